The van der Waals surface area contributed by atoms with E-state index in [0.29, 0.717) is 0 Å². The molecule has 0 atom stereocenters. The van der Waals surface area contributed by atoms with Gasteiger partial charge in [-0.1, -0.05) is 137 Å². The number of aromatic nitrogens is 1. The maximum absolute atomic E-state index is 5.62. The van der Waals surface area contributed by atoms with E-state index in [4.69, 9.17) is 4.98 Å². The predicted molar refractivity (Wildman–Crippen MR) is 175 cm³/mol. The first kappa shape index (κ1) is 26.5. The minimum atomic E-state index is 1.00. The number of hydrogen-bond acceptors (Lipinski definition) is 1. The van der Waals surface area contributed by atoms with Crippen molar-refractivity contribution in [2.24, 2.45) is 0 Å². The fraction of sp³-hybridized carbons (Fsp3) is 0.125. The van der Waals surface area contributed by atoms with Crippen molar-refractivity contribution in [1.82, 2.24) is 4.98 Å². The maximum Gasteiger partial charge on any atom is 0.0794 e. The molecule has 0 aliphatic carbocycles. The number of nitrogens with zero attached hydrogens (tertiary/aromatic N) is 1. The predicted octanol–water partition coefficient (Wildman–Crippen LogP) is 11.0. The van der Waals surface area contributed by atoms with E-state index in [2.05, 4.69) is 156 Å². The number of benzene rings is 5. The van der Waals surface area contributed by atoms with Gasteiger partial charge < -0.3 is 0 Å². The van der Waals surface area contributed by atoms with Crippen molar-refractivity contribution in [2.75, 3.05) is 0 Å². The molecule has 0 aliphatic rings. The quantitative estimate of drug-likeness (QED) is 0.216. The Kier molecular flexibility index (Phi) is 7.12. The van der Waals surface area contributed by atoms with Gasteiger partial charge in [-0.25, -0.2) is 4.98 Å². The Balaban J connectivity index is 1.88. The van der Waals surface area contributed by atoms with Crippen LogP contribution in [-0.2, 0) is 0 Å². The summed E-state index contributed by atoms with van der Waals surface area (Å²) in [5, 5.41) is 0. The van der Waals surface area contributed by atoms with E-state index in [-0.39, 0.29) is 0 Å². The largest absolute Gasteiger partial charge is 0.246 e. The molecule has 0 fully saturated rings. The van der Waals surface area contributed by atoms with Crippen molar-refractivity contribution in [3.8, 4) is 55.9 Å². The van der Waals surface area contributed by atoms with E-state index in [1.807, 2.05) is 0 Å². The molecule has 1 aromatic heterocycles. The van der Waals surface area contributed by atoms with Crippen molar-refractivity contribution in [3.63, 3.8) is 0 Å². The molecule has 6 aromatic rings. The minimum absolute atomic E-state index is 1.00. The lowest BCUT2D eigenvalue weighted by atomic mass is 9.82. The normalized spacial score (nSPS) is 11.0. The molecular weight excluding hydrogens is 494 g/mol. The van der Waals surface area contributed by atoms with Gasteiger partial charge in [0.15, 0.2) is 0 Å². The van der Waals surface area contributed by atoms with Crippen molar-refractivity contribution in [2.45, 2.75) is 34.6 Å². The molecule has 1 heteroatoms. The number of rotatable bonds is 5. The van der Waals surface area contributed by atoms with Crippen LogP contribution >= 0.6 is 0 Å². The zero-order valence-electron chi connectivity index (χ0n) is 24.5. The Bertz CT molecular complexity index is 1780. The topological polar surface area (TPSA) is 12.9 Å². The highest BCUT2D eigenvalue weighted by Gasteiger charge is 2.25. The van der Waals surface area contributed by atoms with Gasteiger partial charge in [-0.3, -0.25) is 0 Å². The van der Waals surface area contributed by atoms with Crippen LogP contribution in [0.25, 0.3) is 55.9 Å². The van der Waals surface area contributed by atoms with Crippen molar-refractivity contribution in [1.29, 1.82) is 0 Å². The first-order chi connectivity index (χ1) is 19.9. The third-order valence-electron chi connectivity index (χ3n) is 7.70. The third kappa shape index (κ3) is 5.36. The molecule has 0 unspecified atom stereocenters. The first-order valence-corrected chi connectivity index (χ1v) is 14.3. The van der Waals surface area contributed by atoms with E-state index >= 15 is 0 Å². The van der Waals surface area contributed by atoms with Crippen molar-refractivity contribution in [3.05, 3.63) is 149 Å². The van der Waals surface area contributed by atoms with Crippen LogP contribution < -0.4 is 0 Å². The van der Waals surface area contributed by atoms with Crippen molar-refractivity contribution >= 4 is 0 Å². The molecule has 0 saturated heterocycles. The number of hydrogen-bond donors (Lipinski definition) is 0. The molecule has 0 saturated carbocycles. The summed E-state index contributed by atoms with van der Waals surface area (Å²) >= 11 is 0. The highest BCUT2D eigenvalue weighted by atomic mass is 14.7. The van der Waals surface area contributed by atoms with E-state index in [0.717, 1.165) is 33.6 Å². The van der Waals surface area contributed by atoms with E-state index < -0.39 is 0 Å². The average molecular weight is 530 g/mol. The van der Waals surface area contributed by atoms with Gasteiger partial charge in [0, 0.05) is 27.8 Å². The maximum atomic E-state index is 5.62. The lowest BCUT2D eigenvalue weighted by molar-refractivity contribution is 1.30. The minimum Gasteiger partial charge on any atom is -0.246 e. The Morgan fingerprint density at radius 1 is 0.317 bits per heavy atom. The average Bonchev–Trinajstić information content (AvgIpc) is 2.96. The Morgan fingerprint density at radius 2 is 0.585 bits per heavy atom. The summed E-state index contributed by atoms with van der Waals surface area (Å²) in [5.74, 6) is 0. The van der Waals surface area contributed by atoms with E-state index in [1.165, 1.54) is 50.1 Å². The summed E-state index contributed by atoms with van der Waals surface area (Å²) < 4.78 is 0. The van der Waals surface area contributed by atoms with Gasteiger partial charge in [-0.05, 0) is 63.4 Å². The third-order valence-corrected chi connectivity index (χ3v) is 7.70. The standard InChI is InChI=1S/C40H35N/c1-26-11-6-16-31(21-26)36-37(32-17-7-12-27(2)22-32)39(34-19-9-14-29(4)24-34)41-40(35-20-10-15-30(5)25-35)38(36)33-18-8-13-28(3)23-33/h6-25H,1-5H3. The summed E-state index contributed by atoms with van der Waals surface area (Å²) in [6.45, 7) is 10.8. The van der Waals surface area contributed by atoms with E-state index in [1.54, 1.807) is 0 Å². The molecule has 200 valence electrons. The van der Waals surface area contributed by atoms with Crippen molar-refractivity contribution < 1.29 is 0 Å². The lowest BCUT2D eigenvalue weighted by Gasteiger charge is -2.24. The molecule has 1 nitrogen and oxygen atoms in total. The smallest absolute Gasteiger partial charge is 0.0794 e. The van der Waals surface area contributed by atoms with Gasteiger partial charge in [0.1, 0.15) is 0 Å². The summed E-state index contributed by atoms with van der Waals surface area (Å²) in [4.78, 5) is 5.62. The van der Waals surface area contributed by atoms with Gasteiger partial charge in [-0.15, -0.1) is 0 Å². The summed E-state index contributed by atoms with van der Waals surface area (Å²) in [5.41, 5.74) is 17.5. The molecule has 0 radical (unpaired) electrons. The summed E-state index contributed by atoms with van der Waals surface area (Å²) in [7, 11) is 0. The molecule has 0 N–H and O–H groups in total. The van der Waals surface area contributed by atoms with Gasteiger partial charge in [0.25, 0.3) is 0 Å². The molecule has 0 amide bonds. The molecule has 0 bridgehead atoms. The second kappa shape index (κ2) is 11.0. The first-order valence-electron chi connectivity index (χ1n) is 14.3. The fourth-order valence-corrected chi connectivity index (χ4v) is 5.84. The molecule has 1 heterocycles. The van der Waals surface area contributed by atoms with E-state index in [9.17, 15) is 0 Å². The van der Waals surface area contributed by atoms with Crippen LogP contribution in [0.3, 0.4) is 0 Å². The van der Waals surface area contributed by atoms with Gasteiger partial charge in [0.05, 0.1) is 11.4 Å². The van der Waals surface area contributed by atoms with Crippen LogP contribution in [-0.4, -0.2) is 4.98 Å². The molecule has 5 aromatic carbocycles. The number of pyridine rings is 1. The zero-order chi connectivity index (χ0) is 28.5. The molecular formula is C40H35N. The Hall–Kier alpha value is -4.75. The molecule has 41 heavy (non-hydrogen) atoms. The number of aryl methyl sites for hydroxylation is 5. The second-order valence-electron chi connectivity index (χ2n) is 11.3. The SMILES string of the molecule is Cc1cccc(-c2nc(-c3cccc(C)c3)c(-c3cccc(C)c3)c(-c3cccc(C)c3)c2-c2cccc(C)c2)c1. The van der Waals surface area contributed by atoms with Crippen LogP contribution in [0.15, 0.2) is 121 Å². The molecule has 6 rings (SSSR count). The fourth-order valence-electron chi connectivity index (χ4n) is 5.84. The molecule has 0 spiro atoms. The van der Waals surface area contributed by atoms with Gasteiger partial charge >= 0.3 is 0 Å². The summed E-state index contributed by atoms with van der Waals surface area (Å²) in [6, 6.07) is 44.1. The second-order valence-corrected chi connectivity index (χ2v) is 11.3. The van der Waals surface area contributed by atoms with Crippen LogP contribution in [0.1, 0.15) is 27.8 Å². The van der Waals surface area contributed by atoms with Crippen LogP contribution in [0, 0.1) is 34.6 Å². The highest BCUT2D eigenvalue weighted by molar-refractivity contribution is 6.05. The van der Waals surface area contributed by atoms with Crippen LogP contribution in [0.4, 0.5) is 0 Å². The van der Waals surface area contributed by atoms with Crippen LogP contribution in [0.5, 0.6) is 0 Å². The molecule has 0 aliphatic heterocycles. The van der Waals surface area contributed by atoms with Gasteiger partial charge in [0.2, 0.25) is 0 Å². The lowest BCUT2D eigenvalue weighted by Crippen LogP contribution is -2.02. The summed E-state index contributed by atoms with van der Waals surface area (Å²) in [6.07, 6.45) is 0. The highest BCUT2D eigenvalue weighted by Crippen LogP contribution is 2.49. The Labute approximate surface area is 244 Å². The van der Waals surface area contributed by atoms with Gasteiger partial charge in [-0.2, -0.15) is 0 Å². The van der Waals surface area contributed by atoms with Crippen LogP contribution in [0.2, 0.25) is 0 Å². The zero-order valence-corrected chi connectivity index (χ0v) is 24.5. The Morgan fingerprint density at radius 3 is 0.902 bits per heavy atom. The monoisotopic (exact) mass is 529 g/mol.